The smallest absolute Gasteiger partial charge is 0.271 e. The summed E-state index contributed by atoms with van der Waals surface area (Å²) in [7, 11) is 1.41. The van der Waals surface area contributed by atoms with Gasteiger partial charge in [0.25, 0.3) is 11.6 Å². The molecule has 2 N–H and O–H groups in total. The fourth-order valence-corrected chi connectivity index (χ4v) is 2.39. The molecule has 2 aromatic carbocycles. The second-order valence-electron chi connectivity index (χ2n) is 6.32. The van der Waals surface area contributed by atoms with Crippen LogP contribution in [-0.4, -0.2) is 23.8 Å². The number of nitro benzene ring substituents is 1. The van der Waals surface area contributed by atoms with Crippen molar-refractivity contribution in [3.8, 4) is 5.75 Å². The van der Waals surface area contributed by atoms with Gasteiger partial charge in [-0.2, -0.15) is 0 Å². The Bertz CT molecular complexity index is 847. The Labute approximate surface area is 156 Å². The van der Waals surface area contributed by atoms with E-state index in [0.717, 1.165) is 0 Å². The molecule has 0 bridgehead atoms. The fraction of sp³-hybridized carbons (Fsp3) is 0.263. The van der Waals surface area contributed by atoms with E-state index >= 15 is 0 Å². The van der Waals surface area contributed by atoms with Crippen LogP contribution in [0.25, 0.3) is 0 Å². The molecule has 0 saturated carbocycles. The molecule has 142 valence electrons. The van der Waals surface area contributed by atoms with E-state index in [2.05, 4.69) is 10.6 Å². The van der Waals surface area contributed by atoms with Gasteiger partial charge in [-0.1, -0.05) is 13.8 Å². The van der Waals surface area contributed by atoms with Crippen molar-refractivity contribution in [3.63, 3.8) is 0 Å². The van der Waals surface area contributed by atoms with E-state index in [1.807, 2.05) is 13.8 Å². The Hall–Kier alpha value is -3.42. The highest BCUT2D eigenvalue weighted by Crippen LogP contribution is 2.29. The SMILES string of the molecule is COc1ccc([N+](=O)[O-])cc1NC(=O)c1ccc(NC(=O)CC(C)C)cc1. The van der Waals surface area contributed by atoms with Gasteiger partial charge in [0.05, 0.1) is 17.7 Å². The van der Waals surface area contributed by atoms with Gasteiger partial charge in [-0.25, -0.2) is 0 Å². The van der Waals surface area contributed by atoms with Crippen LogP contribution in [0.5, 0.6) is 5.75 Å². The Morgan fingerprint density at radius 1 is 1.11 bits per heavy atom. The zero-order chi connectivity index (χ0) is 20.0. The van der Waals surface area contributed by atoms with Crippen LogP contribution in [0.4, 0.5) is 17.1 Å². The summed E-state index contributed by atoms with van der Waals surface area (Å²) in [6, 6.07) is 10.3. The summed E-state index contributed by atoms with van der Waals surface area (Å²) >= 11 is 0. The maximum atomic E-state index is 12.4. The molecule has 0 atom stereocenters. The number of nitrogens with zero attached hydrogens (tertiary/aromatic N) is 1. The topological polar surface area (TPSA) is 111 Å². The first kappa shape index (κ1) is 19.9. The predicted molar refractivity (Wildman–Crippen MR) is 102 cm³/mol. The normalized spacial score (nSPS) is 10.4. The molecule has 0 fully saturated rings. The minimum atomic E-state index is -0.552. The highest BCUT2D eigenvalue weighted by molar-refractivity contribution is 6.05. The zero-order valence-corrected chi connectivity index (χ0v) is 15.3. The Morgan fingerprint density at radius 2 is 1.78 bits per heavy atom. The largest absolute Gasteiger partial charge is 0.495 e. The lowest BCUT2D eigenvalue weighted by Gasteiger charge is -2.11. The quantitative estimate of drug-likeness (QED) is 0.567. The molecular formula is C19H21N3O5. The third kappa shape index (κ3) is 5.53. The van der Waals surface area contributed by atoms with Gasteiger partial charge in [-0.15, -0.1) is 0 Å². The number of methoxy groups -OCH3 is 1. The molecule has 0 heterocycles. The van der Waals surface area contributed by atoms with Crippen LogP contribution in [0.1, 0.15) is 30.6 Å². The summed E-state index contributed by atoms with van der Waals surface area (Å²) in [5, 5.41) is 16.3. The van der Waals surface area contributed by atoms with Crippen molar-refractivity contribution >= 4 is 28.9 Å². The van der Waals surface area contributed by atoms with E-state index in [1.165, 1.54) is 25.3 Å². The van der Waals surface area contributed by atoms with E-state index in [-0.39, 0.29) is 23.2 Å². The molecule has 0 aliphatic heterocycles. The fourth-order valence-electron chi connectivity index (χ4n) is 2.39. The molecule has 0 spiro atoms. The average Bonchev–Trinajstić information content (AvgIpc) is 2.61. The van der Waals surface area contributed by atoms with Crippen LogP contribution in [0.15, 0.2) is 42.5 Å². The zero-order valence-electron chi connectivity index (χ0n) is 15.3. The molecule has 0 unspecified atom stereocenters. The number of non-ortho nitro benzene ring substituents is 1. The molecular weight excluding hydrogens is 350 g/mol. The summed E-state index contributed by atoms with van der Waals surface area (Å²) in [5.41, 5.74) is 0.968. The van der Waals surface area contributed by atoms with Gasteiger partial charge in [0.1, 0.15) is 5.75 Å². The second-order valence-corrected chi connectivity index (χ2v) is 6.32. The van der Waals surface area contributed by atoms with Crippen molar-refractivity contribution < 1.29 is 19.2 Å². The van der Waals surface area contributed by atoms with E-state index in [1.54, 1.807) is 24.3 Å². The maximum Gasteiger partial charge on any atom is 0.271 e. The van der Waals surface area contributed by atoms with Gasteiger partial charge in [-0.05, 0) is 36.2 Å². The molecule has 2 aromatic rings. The predicted octanol–water partition coefficient (Wildman–Crippen LogP) is 3.84. The van der Waals surface area contributed by atoms with Crippen molar-refractivity contribution in [2.45, 2.75) is 20.3 Å². The Kier molecular flexibility index (Phi) is 6.48. The highest BCUT2D eigenvalue weighted by Gasteiger charge is 2.15. The van der Waals surface area contributed by atoms with Crippen molar-refractivity contribution in [2.24, 2.45) is 5.92 Å². The number of ether oxygens (including phenoxy) is 1. The molecule has 0 aromatic heterocycles. The standard InChI is InChI=1S/C19H21N3O5/c1-12(2)10-18(23)20-14-6-4-13(5-7-14)19(24)21-16-11-15(22(25)26)8-9-17(16)27-3/h4-9,11-12H,10H2,1-3H3,(H,20,23)(H,21,24). The van der Waals surface area contributed by atoms with E-state index < -0.39 is 10.8 Å². The number of rotatable bonds is 7. The maximum absolute atomic E-state index is 12.4. The number of nitro groups is 1. The van der Waals surface area contributed by atoms with Crippen molar-refractivity contribution in [1.82, 2.24) is 0 Å². The molecule has 27 heavy (non-hydrogen) atoms. The van der Waals surface area contributed by atoms with E-state index in [0.29, 0.717) is 23.4 Å². The molecule has 0 saturated heterocycles. The number of amides is 2. The summed E-state index contributed by atoms with van der Waals surface area (Å²) in [4.78, 5) is 34.6. The number of nitrogens with one attached hydrogen (secondary N) is 2. The summed E-state index contributed by atoms with van der Waals surface area (Å²) < 4.78 is 5.13. The highest BCUT2D eigenvalue weighted by atomic mass is 16.6. The van der Waals surface area contributed by atoms with Crippen LogP contribution in [0.3, 0.4) is 0 Å². The lowest BCUT2D eigenvalue weighted by molar-refractivity contribution is -0.384. The first-order chi connectivity index (χ1) is 12.8. The minimum Gasteiger partial charge on any atom is -0.495 e. The van der Waals surface area contributed by atoms with Crippen molar-refractivity contribution in [3.05, 3.63) is 58.1 Å². The monoisotopic (exact) mass is 371 g/mol. The molecule has 2 amide bonds. The van der Waals surface area contributed by atoms with E-state index in [9.17, 15) is 19.7 Å². The molecule has 0 aliphatic carbocycles. The molecule has 2 rings (SSSR count). The van der Waals surface area contributed by atoms with Gasteiger partial charge < -0.3 is 15.4 Å². The number of anilines is 2. The Morgan fingerprint density at radius 3 is 2.33 bits per heavy atom. The number of hydrogen-bond donors (Lipinski definition) is 2. The van der Waals surface area contributed by atoms with Crippen LogP contribution in [0, 0.1) is 16.0 Å². The van der Waals surface area contributed by atoms with Crippen molar-refractivity contribution in [1.29, 1.82) is 0 Å². The van der Waals surface area contributed by atoms with Gasteiger partial charge in [0.2, 0.25) is 5.91 Å². The van der Waals surface area contributed by atoms with Crippen LogP contribution < -0.4 is 15.4 Å². The van der Waals surface area contributed by atoms with Crippen molar-refractivity contribution in [2.75, 3.05) is 17.7 Å². The van der Waals surface area contributed by atoms with Gasteiger partial charge >= 0.3 is 0 Å². The Balaban J connectivity index is 2.11. The number of carbonyl (C=O) groups is 2. The van der Waals surface area contributed by atoms with Crippen LogP contribution >= 0.6 is 0 Å². The number of hydrogen-bond acceptors (Lipinski definition) is 5. The summed E-state index contributed by atoms with van der Waals surface area (Å²) in [6.45, 7) is 3.91. The van der Waals surface area contributed by atoms with Crippen LogP contribution in [0.2, 0.25) is 0 Å². The third-order valence-corrected chi connectivity index (χ3v) is 3.67. The number of benzene rings is 2. The van der Waals surface area contributed by atoms with Gasteiger partial charge in [-0.3, -0.25) is 19.7 Å². The van der Waals surface area contributed by atoms with Crippen LogP contribution in [-0.2, 0) is 4.79 Å². The summed E-state index contributed by atoms with van der Waals surface area (Å²) in [6.07, 6.45) is 0.412. The van der Waals surface area contributed by atoms with Gasteiger partial charge in [0.15, 0.2) is 0 Å². The number of carbonyl (C=O) groups excluding carboxylic acids is 2. The third-order valence-electron chi connectivity index (χ3n) is 3.67. The molecule has 0 radical (unpaired) electrons. The van der Waals surface area contributed by atoms with Gasteiger partial charge in [0, 0.05) is 29.8 Å². The first-order valence-electron chi connectivity index (χ1n) is 8.34. The summed E-state index contributed by atoms with van der Waals surface area (Å²) in [5.74, 6) is 0.0175. The molecule has 8 heteroatoms. The van der Waals surface area contributed by atoms with E-state index in [4.69, 9.17) is 4.74 Å². The average molecular weight is 371 g/mol. The minimum absolute atomic E-state index is 0.0940. The lowest BCUT2D eigenvalue weighted by atomic mass is 10.1. The first-order valence-corrected chi connectivity index (χ1v) is 8.34. The lowest BCUT2D eigenvalue weighted by Crippen LogP contribution is -2.15. The second kappa shape index (κ2) is 8.79. The molecule has 0 aliphatic rings. The molecule has 8 nitrogen and oxygen atoms in total.